The molecule has 4 heterocycles. The second kappa shape index (κ2) is 9.86. The lowest BCUT2D eigenvalue weighted by atomic mass is 10.2. The van der Waals surface area contributed by atoms with Crippen LogP contribution in [0.25, 0.3) is 44.1 Å². The fraction of sp³-hybridized carbons (Fsp3) is 0. The molecule has 4 aromatic carbocycles. The largest absolute Gasteiger partial charge is 0.350 e. The number of rotatable bonds is 4. The van der Waals surface area contributed by atoms with Gasteiger partial charge in [0.2, 0.25) is 0 Å². The summed E-state index contributed by atoms with van der Waals surface area (Å²) in [6.07, 6.45) is 0. The van der Waals surface area contributed by atoms with Gasteiger partial charge in [-0.05, 0) is 60.7 Å². The number of nitro benzene ring substituents is 4. The highest BCUT2D eigenvalue weighted by atomic mass is 16.6. The monoisotopic (exact) mass is 544 g/mol. The van der Waals surface area contributed by atoms with Gasteiger partial charge in [0.15, 0.2) is 0 Å². The summed E-state index contributed by atoms with van der Waals surface area (Å²) >= 11 is 0. The Kier molecular flexibility index (Phi) is 6.24. The van der Waals surface area contributed by atoms with E-state index in [4.69, 9.17) is 0 Å². The van der Waals surface area contributed by atoms with Crippen molar-refractivity contribution in [3.63, 3.8) is 0 Å². The molecular weight excluding hydrogens is 528 g/mol. The molecule has 0 spiro atoms. The van der Waals surface area contributed by atoms with Gasteiger partial charge in [0.05, 0.1) is 31.8 Å². The molecule has 0 aliphatic carbocycles. The van der Waals surface area contributed by atoms with Gasteiger partial charge >= 0.3 is 0 Å². The molecule has 8 bridgehead atoms. The van der Waals surface area contributed by atoms with Gasteiger partial charge in [-0.3, -0.25) is 40.5 Å². The third-order valence-corrected chi connectivity index (χ3v) is 5.90. The molecule has 16 heteroatoms. The van der Waals surface area contributed by atoms with E-state index in [1.165, 1.54) is 60.7 Å². The van der Waals surface area contributed by atoms with Crippen molar-refractivity contribution in [1.29, 1.82) is 0 Å². The van der Waals surface area contributed by atoms with E-state index in [1.54, 1.807) is 0 Å². The van der Waals surface area contributed by atoms with Crippen molar-refractivity contribution in [2.24, 2.45) is 0 Å². The van der Waals surface area contributed by atoms with Gasteiger partial charge in [-0.1, -0.05) is 0 Å². The molecule has 0 radical (unpaired) electrons. The lowest BCUT2D eigenvalue weighted by Gasteiger charge is -2.02. The molecule has 0 atom stereocenters. The van der Waals surface area contributed by atoms with Crippen LogP contribution in [0.3, 0.4) is 0 Å². The van der Waals surface area contributed by atoms with Gasteiger partial charge in [-0.2, -0.15) is 0 Å². The number of hydrogen-bond donors (Lipinski definition) is 4. The summed E-state index contributed by atoms with van der Waals surface area (Å²) in [5.74, 6) is 0. The van der Waals surface area contributed by atoms with Gasteiger partial charge in [0.25, 0.3) is 22.7 Å². The van der Waals surface area contributed by atoms with Gasteiger partial charge < -0.3 is 19.9 Å². The van der Waals surface area contributed by atoms with Crippen molar-refractivity contribution in [2.75, 3.05) is 0 Å². The molecule has 4 N–H and O–H groups in total. The Balaban J connectivity index is 1.97. The molecule has 40 heavy (non-hydrogen) atoms. The van der Waals surface area contributed by atoms with Crippen LogP contribution >= 0.6 is 0 Å². The first kappa shape index (κ1) is 25.3. The van der Waals surface area contributed by atoms with Crippen LogP contribution in [0.1, 0.15) is 0 Å². The highest BCUT2D eigenvalue weighted by molar-refractivity contribution is 5.83. The van der Waals surface area contributed by atoms with Crippen molar-refractivity contribution < 1.29 is 19.7 Å². The summed E-state index contributed by atoms with van der Waals surface area (Å²) in [6, 6.07) is 16.4. The van der Waals surface area contributed by atoms with E-state index in [0.29, 0.717) is 22.1 Å². The first-order valence-electron chi connectivity index (χ1n) is 11.3. The summed E-state index contributed by atoms with van der Waals surface area (Å²) in [6.45, 7) is 0. The van der Waals surface area contributed by atoms with Crippen LogP contribution in [0.2, 0.25) is 0 Å². The number of nitro groups is 4. The molecule has 16 nitrogen and oxygen atoms in total. The molecule has 0 saturated heterocycles. The SMILES string of the molecule is O=[N+]([O-])c1cc([N+](=O)[O-])c2cc1[nH]c1ccc(cc1)[nH]c1cc([nH]c3ccc(cc3)[nH]2)c([N+](=O)[O-])cc1[N+](=O)[O-]. The van der Waals surface area contributed by atoms with Crippen LogP contribution in [-0.4, -0.2) is 39.6 Å². The Morgan fingerprint density at radius 2 is 0.575 bits per heavy atom. The number of nitrogens with zero attached hydrogens (tertiary/aromatic N) is 4. The maximum absolute atomic E-state index is 11.7. The van der Waals surface area contributed by atoms with Crippen molar-refractivity contribution in [3.8, 4) is 0 Å². The Labute approximate surface area is 220 Å². The molecule has 4 aromatic heterocycles. The molecule has 8 rings (SSSR count). The number of hydrogen-bond acceptors (Lipinski definition) is 8. The topological polar surface area (TPSA) is 236 Å². The van der Waals surface area contributed by atoms with Crippen molar-refractivity contribution in [2.45, 2.75) is 0 Å². The summed E-state index contributed by atoms with van der Waals surface area (Å²) in [5, 5.41) is 46.9. The zero-order valence-corrected chi connectivity index (χ0v) is 20.0. The van der Waals surface area contributed by atoms with Crippen molar-refractivity contribution in [3.05, 3.63) is 113 Å². The zero-order valence-electron chi connectivity index (χ0n) is 20.0. The highest BCUT2D eigenvalue weighted by Crippen LogP contribution is 2.30. The molecular formula is C24H16N8O8. The van der Waals surface area contributed by atoms with Crippen LogP contribution in [0.5, 0.6) is 0 Å². The average Bonchev–Trinajstić information content (AvgIpc) is 2.90. The van der Waals surface area contributed by atoms with Gasteiger partial charge in [0.1, 0.15) is 22.1 Å². The van der Waals surface area contributed by atoms with E-state index in [-0.39, 0.29) is 22.1 Å². The minimum absolute atomic E-state index is 0.0196. The lowest BCUT2D eigenvalue weighted by molar-refractivity contribution is -0.392. The Morgan fingerprint density at radius 3 is 0.750 bits per heavy atom. The maximum Gasteiger partial charge on any atom is 0.299 e. The second-order valence-corrected chi connectivity index (χ2v) is 8.46. The molecule has 0 aliphatic heterocycles. The van der Waals surface area contributed by atoms with Crippen LogP contribution < -0.4 is 0 Å². The third-order valence-electron chi connectivity index (χ3n) is 5.90. The predicted octanol–water partition coefficient (Wildman–Crippen LogP) is 6.06. The number of non-ortho nitro benzene ring substituents is 4. The van der Waals surface area contributed by atoms with Crippen molar-refractivity contribution >= 4 is 66.9 Å². The standard InChI is InChI=1S/C24H16N8O8/c33-29(34)21-11-23(31(37)38)19-9-17(21)25-13-1-2-14(4-3-13)26-18-10-20(24(32(39)40)12-22(18)30(35)36)28-16-7-5-15(27-19)6-8-16/h1-12,25-28H. The molecule has 0 fully saturated rings. The molecule has 0 aliphatic rings. The Hall–Kier alpha value is -6.32. The molecule has 200 valence electrons. The number of aromatic nitrogens is 4. The first-order valence-corrected chi connectivity index (χ1v) is 11.3. The second-order valence-electron chi connectivity index (χ2n) is 8.46. The van der Waals surface area contributed by atoms with Crippen molar-refractivity contribution in [1.82, 2.24) is 19.9 Å². The average molecular weight is 544 g/mol. The predicted molar refractivity (Wildman–Crippen MR) is 145 cm³/mol. The Bertz CT molecular complexity index is 1730. The first-order chi connectivity index (χ1) is 19.1. The summed E-state index contributed by atoms with van der Waals surface area (Å²) in [5.41, 5.74) is -0.682. The van der Waals surface area contributed by atoms with Crippen LogP contribution in [-0.2, 0) is 0 Å². The van der Waals surface area contributed by atoms with Crippen LogP contribution in [0, 0.1) is 40.5 Å². The number of H-pyrrole nitrogens is 4. The van der Waals surface area contributed by atoms with E-state index in [9.17, 15) is 40.5 Å². The maximum atomic E-state index is 11.7. The smallest absolute Gasteiger partial charge is 0.299 e. The summed E-state index contributed by atoms with van der Waals surface area (Å²) in [4.78, 5) is 55.4. The summed E-state index contributed by atoms with van der Waals surface area (Å²) in [7, 11) is 0. The zero-order chi connectivity index (χ0) is 28.6. The number of aromatic amines is 4. The lowest BCUT2D eigenvalue weighted by Crippen LogP contribution is -1.96. The quantitative estimate of drug-likeness (QED) is 0.153. The molecule has 0 amide bonds. The molecule has 8 aromatic rings. The molecule has 0 saturated carbocycles. The van der Waals surface area contributed by atoms with Crippen LogP contribution in [0.4, 0.5) is 22.7 Å². The number of benzene rings is 4. The van der Waals surface area contributed by atoms with E-state index in [2.05, 4.69) is 19.9 Å². The number of nitrogens with one attached hydrogen (secondary N) is 4. The minimum Gasteiger partial charge on any atom is -0.350 e. The van der Waals surface area contributed by atoms with Gasteiger partial charge in [0, 0.05) is 22.1 Å². The molecule has 0 unspecified atom stereocenters. The fourth-order valence-corrected chi connectivity index (χ4v) is 4.05. The van der Waals surface area contributed by atoms with Gasteiger partial charge in [-0.15, -0.1) is 0 Å². The van der Waals surface area contributed by atoms with Crippen LogP contribution in [0.15, 0.2) is 72.8 Å². The van der Waals surface area contributed by atoms with E-state index in [1.807, 2.05) is 0 Å². The highest BCUT2D eigenvalue weighted by Gasteiger charge is 2.21. The van der Waals surface area contributed by atoms with Gasteiger partial charge in [-0.25, -0.2) is 0 Å². The van der Waals surface area contributed by atoms with E-state index in [0.717, 1.165) is 12.1 Å². The normalized spacial score (nSPS) is 10.8. The fourth-order valence-electron chi connectivity index (χ4n) is 4.05. The Morgan fingerprint density at radius 1 is 0.375 bits per heavy atom. The van der Waals surface area contributed by atoms with E-state index >= 15 is 0 Å². The minimum atomic E-state index is -0.743. The summed E-state index contributed by atoms with van der Waals surface area (Å²) < 4.78 is 0. The van der Waals surface area contributed by atoms with E-state index < -0.39 is 42.4 Å². The third kappa shape index (κ3) is 4.94.